The van der Waals surface area contributed by atoms with Crippen LogP contribution in [0, 0.1) is 0 Å². The fraction of sp³-hybridized carbons (Fsp3) is 0.267. The highest BCUT2D eigenvalue weighted by atomic mass is 35.5. The number of nitrogens with zero attached hydrogens (tertiary/aromatic N) is 1. The van der Waals surface area contributed by atoms with Gasteiger partial charge in [0.05, 0.1) is 25.5 Å². The first-order valence-corrected chi connectivity index (χ1v) is 8.71. The van der Waals surface area contributed by atoms with Crippen LogP contribution in [0.5, 0.6) is 0 Å². The maximum Gasteiger partial charge on any atom is 0.240 e. The lowest BCUT2D eigenvalue weighted by molar-refractivity contribution is -0.890. The summed E-state index contributed by atoms with van der Waals surface area (Å²) in [4.78, 5) is 5.42. The number of halogens is 1. The van der Waals surface area contributed by atoms with Crippen LogP contribution in [0.15, 0.2) is 53.7 Å². The van der Waals surface area contributed by atoms with Crippen LogP contribution in [0.3, 0.4) is 0 Å². The molecule has 0 saturated heterocycles. The van der Waals surface area contributed by atoms with Crippen LogP contribution in [0.25, 0.3) is 0 Å². The van der Waals surface area contributed by atoms with E-state index >= 15 is 0 Å². The van der Waals surface area contributed by atoms with E-state index in [0.29, 0.717) is 11.6 Å². The summed E-state index contributed by atoms with van der Waals surface area (Å²) in [5.74, 6) is 0. The molecule has 0 spiro atoms. The molecule has 0 saturated carbocycles. The summed E-state index contributed by atoms with van der Waals surface area (Å²) in [5, 5.41) is 0.505. The molecule has 22 heavy (non-hydrogen) atoms. The molecule has 0 aliphatic rings. The lowest BCUT2D eigenvalue weighted by Gasteiger charge is -2.21. The van der Waals surface area contributed by atoms with Gasteiger partial charge < -0.3 is 4.90 Å². The SMILES string of the molecule is C[NH+](C)C(CNS(=O)(=O)c1ccc(Cl)cc1)c1cccnc1. The van der Waals surface area contributed by atoms with E-state index in [0.717, 1.165) is 10.5 Å². The molecular formula is C15H19ClN3O2S+. The molecule has 0 radical (unpaired) electrons. The second-order valence-corrected chi connectivity index (χ2v) is 7.43. The number of sulfonamides is 1. The number of quaternary nitrogens is 1. The Morgan fingerprint density at radius 3 is 2.45 bits per heavy atom. The van der Waals surface area contributed by atoms with Gasteiger partial charge in [0.25, 0.3) is 0 Å². The van der Waals surface area contributed by atoms with Crippen molar-refractivity contribution < 1.29 is 13.3 Å². The average molecular weight is 341 g/mol. The van der Waals surface area contributed by atoms with Crippen LogP contribution in [-0.2, 0) is 10.0 Å². The molecule has 1 aromatic carbocycles. The predicted octanol–water partition coefficient (Wildman–Crippen LogP) is 0.899. The molecule has 5 nitrogen and oxygen atoms in total. The van der Waals surface area contributed by atoms with Crippen molar-refractivity contribution in [3.63, 3.8) is 0 Å². The molecule has 1 heterocycles. The van der Waals surface area contributed by atoms with Crippen molar-refractivity contribution in [3.8, 4) is 0 Å². The van der Waals surface area contributed by atoms with E-state index in [-0.39, 0.29) is 10.9 Å². The topological polar surface area (TPSA) is 63.5 Å². The van der Waals surface area contributed by atoms with Crippen LogP contribution in [0.2, 0.25) is 5.02 Å². The fourth-order valence-electron chi connectivity index (χ4n) is 2.13. The van der Waals surface area contributed by atoms with E-state index in [1.54, 1.807) is 24.5 Å². The van der Waals surface area contributed by atoms with Gasteiger partial charge in [0.1, 0.15) is 6.04 Å². The Morgan fingerprint density at radius 2 is 1.91 bits per heavy atom. The van der Waals surface area contributed by atoms with Crippen molar-refractivity contribution in [2.75, 3.05) is 20.6 Å². The highest BCUT2D eigenvalue weighted by molar-refractivity contribution is 7.89. The highest BCUT2D eigenvalue weighted by Crippen LogP contribution is 2.14. The Labute approximate surface area is 136 Å². The zero-order valence-corrected chi connectivity index (χ0v) is 14.0. The third-order valence-electron chi connectivity index (χ3n) is 3.39. The van der Waals surface area contributed by atoms with Crippen molar-refractivity contribution in [2.45, 2.75) is 10.9 Å². The number of likely N-dealkylation sites (N-methyl/N-ethyl adjacent to an activating group) is 1. The highest BCUT2D eigenvalue weighted by Gasteiger charge is 2.22. The number of benzene rings is 1. The third kappa shape index (κ3) is 4.27. The summed E-state index contributed by atoms with van der Waals surface area (Å²) >= 11 is 5.79. The molecule has 0 aliphatic carbocycles. The standard InChI is InChI=1S/C15H18ClN3O2S/c1-19(2)15(12-4-3-9-17-10-12)11-18-22(20,21)14-7-5-13(16)6-8-14/h3-10,15,18H,11H2,1-2H3/p+1. The maximum absolute atomic E-state index is 12.3. The summed E-state index contributed by atoms with van der Waals surface area (Å²) in [6, 6.07) is 9.88. The van der Waals surface area contributed by atoms with E-state index in [1.807, 2.05) is 26.2 Å². The largest absolute Gasteiger partial charge is 0.332 e. The average Bonchev–Trinajstić information content (AvgIpc) is 2.48. The van der Waals surface area contributed by atoms with Crippen molar-refractivity contribution >= 4 is 21.6 Å². The summed E-state index contributed by atoms with van der Waals surface area (Å²) < 4.78 is 27.3. The summed E-state index contributed by atoms with van der Waals surface area (Å²) in [6.07, 6.45) is 3.46. The predicted molar refractivity (Wildman–Crippen MR) is 86.4 cm³/mol. The van der Waals surface area contributed by atoms with Crippen LogP contribution in [0.1, 0.15) is 11.6 Å². The van der Waals surface area contributed by atoms with Gasteiger partial charge in [-0.2, -0.15) is 0 Å². The Kier molecular flexibility index (Phi) is 5.52. The molecule has 1 unspecified atom stereocenters. The fourth-order valence-corrected chi connectivity index (χ4v) is 3.30. The number of rotatable bonds is 6. The number of pyridine rings is 1. The van der Waals surface area contributed by atoms with Gasteiger partial charge in [0.2, 0.25) is 10.0 Å². The van der Waals surface area contributed by atoms with Crippen molar-refractivity contribution in [1.82, 2.24) is 9.71 Å². The number of hydrogen-bond acceptors (Lipinski definition) is 3. The molecule has 0 aliphatic heterocycles. The minimum Gasteiger partial charge on any atom is -0.332 e. The first-order valence-electron chi connectivity index (χ1n) is 6.85. The molecule has 7 heteroatoms. The Bertz CT molecular complexity index is 703. The molecule has 1 aromatic heterocycles. The lowest BCUT2D eigenvalue weighted by atomic mass is 10.1. The number of aromatic nitrogens is 1. The van der Waals surface area contributed by atoms with Gasteiger partial charge in [0, 0.05) is 23.0 Å². The number of hydrogen-bond donors (Lipinski definition) is 2. The van der Waals surface area contributed by atoms with Gasteiger partial charge >= 0.3 is 0 Å². The Morgan fingerprint density at radius 1 is 1.23 bits per heavy atom. The Balaban J connectivity index is 2.14. The number of nitrogens with one attached hydrogen (secondary N) is 2. The molecule has 1 atom stereocenters. The summed E-state index contributed by atoms with van der Waals surface area (Å²) in [7, 11) is 0.405. The van der Waals surface area contributed by atoms with Gasteiger partial charge in [-0.3, -0.25) is 4.98 Å². The van der Waals surface area contributed by atoms with E-state index in [2.05, 4.69) is 9.71 Å². The molecule has 2 rings (SSSR count). The zero-order valence-electron chi connectivity index (χ0n) is 12.5. The zero-order chi connectivity index (χ0) is 16.2. The van der Waals surface area contributed by atoms with Gasteiger partial charge in [0.15, 0.2) is 0 Å². The minimum absolute atomic E-state index is 0.0178. The van der Waals surface area contributed by atoms with Crippen molar-refractivity contribution in [2.24, 2.45) is 0 Å². The minimum atomic E-state index is -3.56. The van der Waals surface area contributed by atoms with Gasteiger partial charge in [-0.1, -0.05) is 11.6 Å². The first-order chi connectivity index (χ1) is 10.4. The Hall–Kier alpha value is -1.47. The van der Waals surface area contributed by atoms with Crippen molar-refractivity contribution in [1.29, 1.82) is 0 Å². The smallest absolute Gasteiger partial charge is 0.240 e. The third-order valence-corrected chi connectivity index (χ3v) is 5.08. The normalized spacial score (nSPS) is 13.3. The van der Waals surface area contributed by atoms with Gasteiger partial charge in [-0.25, -0.2) is 13.1 Å². The molecular weight excluding hydrogens is 322 g/mol. The molecule has 2 N–H and O–H groups in total. The first kappa shape index (κ1) is 16.9. The monoisotopic (exact) mass is 340 g/mol. The van der Waals surface area contributed by atoms with Crippen LogP contribution in [0.4, 0.5) is 0 Å². The second kappa shape index (κ2) is 7.19. The second-order valence-electron chi connectivity index (χ2n) is 5.22. The lowest BCUT2D eigenvalue weighted by Crippen LogP contribution is -3.07. The van der Waals surface area contributed by atoms with Crippen LogP contribution in [-0.4, -0.2) is 34.0 Å². The van der Waals surface area contributed by atoms with Gasteiger partial charge in [-0.15, -0.1) is 0 Å². The maximum atomic E-state index is 12.3. The summed E-state index contributed by atoms with van der Waals surface area (Å²) in [6.45, 7) is 0.291. The molecule has 118 valence electrons. The molecule has 0 fully saturated rings. The molecule has 2 aromatic rings. The summed E-state index contributed by atoms with van der Waals surface area (Å²) in [5.41, 5.74) is 0.987. The van der Waals surface area contributed by atoms with Crippen LogP contribution >= 0.6 is 11.6 Å². The van der Waals surface area contributed by atoms with E-state index in [9.17, 15) is 8.42 Å². The molecule has 0 amide bonds. The van der Waals surface area contributed by atoms with Gasteiger partial charge in [-0.05, 0) is 36.4 Å². The van der Waals surface area contributed by atoms with Crippen molar-refractivity contribution in [3.05, 3.63) is 59.4 Å². The van der Waals surface area contributed by atoms with E-state index in [4.69, 9.17) is 11.6 Å². The van der Waals surface area contributed by atoms with Crippen LogP contribution < -0.4 is 9.62 Å². The molecule has 0 bridgehead atoms. The quantitative estimate of drug-likeness (QED) is 0.821. The van der Waals surface area contributed by atoms with E-state index in [1.165, 1.54) is 12.1 Å². The van der Waals surface area contributed by atoms with E-state index < -0.39 is 10.0 Å².